The molecule has 5 rings (SSSR count). The van der Waals surface area contributed by atoms with Crippen LogP contribution in [-0.2, 0) is 14.4 Å². The van der Waals surface area contributed by atoms with E-state index in [9.17, 15) is 14.4 Å². The van der Waals surface area contributed by atoms with E-state index in [0.29, 0.717) is 34.3 Å². The molecule has 0 fully saturated rings. The number of rotatable bonds is 7. The minimum atomic E-state index is -0.480. The number of nitrogens with zero attached hydrogens (tertiary/aromatic N) is 1. The van der Waals surface area contributed by atoms with Gasteiger partial charge in [0, 0.05) is 58.6 Å². The van der Waals surface area contributed by atoms with Gasteiger partial charge >= 0.3 is 0 Å². The second kappa shape index (κ2) is 11.8. The topological polar surface area (TPSA) is 75.7 Å². The van der Waals surface area contributed by atoms with Crippen molar-refractivity contribution in [1.82, 2.24) is 4.90 Å². The Balaban J connectivity index is 1.48. The summed E-state index contributed by atoms with van der Waals surface area (Å²) in [6.45, 7) is 13.1. The Bertz CT molecular complexity index is 1520. The Morgan fingerprint density at radius 1 is 0.907 bits per heavy atom. The predicted octanol–water partition coefficient (Wildman–Crippen LogP) is 8.41. The maximum Gasteiger partial charge on any atom is 0.262 e. The highest BCUT2D eigenvalue weighted by atomic mass is 35.5. The average Bonchev–Trinajstić information content (AvgIpc) is 2.89. The number of carbonyl (C=O) groups is 3. The van der Waals surface area contributed by atoms with Crippen molar-refractivity contribution in [3.05, 3.63) is 80.1 Å². The molecule has 1 heterocycles. The van der Waals surface area contributed by atoms with Crippen LogP contribution in [0.5, 0.6) is 5.75 Å². The lowest BCUT2D eigenvalue weighted by atomic mass is 9.63. The molecular weight excluding hydrogens is 583 g/mol. The van der Waals surface area contributed by atoms with Gasteiger partial charge in [-0.05, 0) is 72.4 Å². The lowest BCUT2D eigenvalue weighted by molar-refractivity contribution is -0.120. The second-order valence-corrected chi connectivity index (χ2v) is 14.5. The van der Waals surface area contributed by atoms with Crippen molar-refractivity contribution >= 4 is 46.4 Å². The first-order valence-electron chi connectivity index (χ1n) is 15.0. The third-order valence-corrected chi connectivity index (χ3v) is 9.28. The molecule has 8 heteroatoms. The van der Waals surface area contributed by atoms with E-state index in [1.54, 1.807) is 24.3 Å². The molecule has 1 amide bonds. The number of aryl methyl sites for hydroxylation is 1. The smallest absolute Gasteiger partial charge is 0.262 e. The van der Waals surface area contributed by atoms with Crippen LogP contribution in [0.25, 0.3) is 0 Å². The van der Waals surface area contributed by atoms with Crippen molar-refractivity contribution in [2.24, 2.45) is 10.8 Å². The Kier molecular flexibility index (Phi) is 8.58. The largest absolute Gasteiger partial charge is 0.482 e. The summed E-state index contributed by atoms with van der Waals surface area (Å²) in [7, 11) is 0. The summed E-state index contributed by atoms with van der Waals surface area (Å²) in [5, 5.41) is 3.66. The number of Topliss-reactive ketones (excluding diaryl/α,β-unsaturated/α-hetero) is 2. The molecule has 1 N–H and O–H groups in total. The summed E-state index contributed by atoms with van der Waals surface area (Å²) in [6, 6.07) is 10.7. The molecule has 228 valence electrons. The number of hydrogen-bond acceptors (Lipinski definition) is 5. The van der Waals surface area contributed by atoms with Gasteiger partial charge in [0.25, 0.3) is 5.91 Å². The molecule has 0 aromatic heterocycles. The van der Waals surface area contributed by atoms with Crippen LogP contribution in [0, 0.1) is 17.8 Å². The molecule has 0 unspecified atom stereocenters. The number of halogens is 2. The van der Waals surface area contributed by atoms with Crippen LogP contribution in [0.4, 0.5) is 5.69 Å². The first kappa shape index (κ1) is 31.3. The van der Waals surface area contributed by atoms with E-state index in [1.807, 2.05) is 19.1 Å². The molecule has 6 nitrogen and oxygen atoms in total. The molecule has 0 saturated heterocycles. The van der Waals surface area contributed by atoms with E-state index in [2.05, 4.69) is 44.8 Å². The fraction of sp³-hybridized carbons (Fsp3) is 0.457. The quantitative estimate of drug-likeness (QED) is 0.335. The molecule has 0 saturated carbocycles. The highest BCUT2D eigenvalue weighted by molar-refractivity contribution is 6.32. The molecule has 0 bridgehead atoms. The lowest BCUT2D eigenvalue weighted by Gasteiger charge is -2.49. The predicted molar refractivity (Wildman–Crippen MR) is 172 cm³/mol. The summed E-state index contributed by atoms with van der Waals surface area (Å²) in [5.41, 5.74) is 5.48. The number of allylic oxidation sites excluding steroid dienone is 4. The summed E-state index contributed by atoms with van der Waals surface area (Å²) in [4.78, 5) is 42.6. The van der Waals surface area contributed by atoms with Crippen LogP contribution in [0.2, 0.25) is 10.0 Å². The van der Waals surface area contributed by atoms with Crippen molar-refractivity contribution < 1.29 is 19.1 Å². The lowest BCUT2D eigenvalue weighted by Crippen LogP contribution is -2.44. The number of benzene rings is 2. The number of anilines is 1. The van der Waals surface area contributed by atoms with Gasteiger partial charge in [-0.3, -0.25) is 14.4 Å². The molecule has 3 aliphatic rings. The third-order valence-electron chi connectivity index (χ3n) is 8.57. The SMILES string of the molecule is CCCN1C2=C(C(=O)CC(C)(C)C2)C(c2ccc(OCC(=O)Nc3ccc(C)c(Cl)c3)c(Cl)c2)C2=C1CC(C)(C)CC2=O. The number of ketones is 2. The minimum Gasteiger partial charge on any atom is -0.482 e. The van der Waals surface area contributed by atoms with E-state index in [4.69, 9.17) is 27.9 Å². The highest BCUT2D eigenvalue weighted by Crippen LogP contribution is 2.54. The van der Waals surface area contributed by atoms with Gasteiger partial charge in [0.05, 0.1) is 5.02 Å². The first-order valence-corrected chi connectivity index (χ1v) is 15.7. The summed E-state index contributed by atoms with van der Waals surface area (Å²) in [5.74, 6) is -0.302. The standard InChI is InChI=1S/C35H40Cl2N2O4/c1-7-12-39-25-15-34(3,4)17-27(40)32(25)31(33-26(39)16-35(5,6)18-28(33)41)21-9-11-29(24(37)13-21)43-19-30(42)38-22-10-8-20(2)23(36)14-22/h8-11,13-14,31H,7,12,15-19H2,1-6H3,(H,38,42). The summed E-state index contributed by atoms with van der Waals surface area (Å²) >= 11 is 12.9. The number of nitrogens with one attached hydrogen (secondary N) is 1. The average molecular weight is 624 g/mol. The minimum absolute atomic E-state index is 0.0888. The zero-order valence-corrected chi connectivity index (χ0v) is 27.3. The van der Waals surface area contributed by atoms with Gasteiger partial charge in [0.1, 0.15) is 5.75 Å². The number of carbonyl (C=O) groups excluding carboxylic acids is 3. The van der Waals surface area contributed by atoms with Crippen LogP contribution < -0.4 is 10.1 Å². The Morgan fingerprint density at radius 3 is 2.05 bits per heavy atom. The fourth-order valence-corrected chi connectivity index (χ4v) is 7.12. The molecule has 1 aliphatic heterocycles. The van der Waals surface area contributed by atoms with E-state index in [1.165, 1.54) is 0 Å². The van der Waals surface area contributed by atoms with E-state index >= 15 is 0 Å². The number of ether oxygens (including phenoxy) is 1. The fourth-order valence-electron chi connectivity index (χ4n) is 6.70. The third kappa shape index (κ3) is 6.41. The van der Waals surface area contributed by atoms with Crippen molar-refractivity contribution in [3.8, 4) is 5.75 Å². The van der Waals surface area contributed by atoms with Crippen molar-refractivity contribution in [1.29, 1.82) is 0 Å². The Labute approximate surface area is 264 Å². The molecule has 0 atom stereocenters. The van der Waals surface area contributed by atoms with Crippen LogP contribution in [0.15, 0.2) is 58.9 Å². The summed E-state index contributed by atoms with van der Waals surface area (Å²) in [6.07, 6.45) is 3.31. The van der Waals surface area contributed by atoms with Crippen LogP contribution in [0.1, 0.15) is 83.8 Å². The Hall–Kier alpha value is -3.09. The van der Waals surface area contributed by atoms with Crippen LogP contribution in [0.3, 0.4) is 0 Å². The summed E-state index contributed by atoms with van der Waals surface area (Å²) < 4.78 is 5.78. The van der Waals surface area contributed by atoms with Gasteiger partial charge in [-0.15, -0.1) is 0 Å². The second-order valence-electron chi connectivity index (χ2n) is 13.7. The maximum absolute atomic E-state index is 13.9. The van der Waals surface area contributed by atoms with Crippen LogP contribution in [-0.4, -0.2) is 35.5 Å². The van der Waals surface area contributed by atoms with Gasteiger partial charge in [-0.25, -0.2) is 0 Å². The van der Waals surface area contributed by atoms with Gasteiger partial charge < -0.3 is 15.0 Å². The normalized spacial score (nSPS) is 19.8. The van der Waals surface area contributed by atoms with E-state index < -0.39 is 5.92 Å². The highest BCUT2D eigenvalue weighted by Gasteiger charge is 2.48. The van der Waals surface area contributed by atoms with Crippen molar-refractivity contribution in [2.45, 2.75) is 79.6 Å². The van der Waals surface area contributed by atoms with Gasteiger partial charge in [0.15, 0.2) is 18.2 Å². The molecular formula is C35H40Cl2N2O4. The van der Waals surface area contributed by atoms with E-state index in [0.717, 1.165) is 59.5 Å². The van der Waals surface area contributed by atoms with Crippen molar-refractivity contribution in [3.63, 3.8) is 0 Å². The zero-order valence-electron chi connectivity index (χ0n) is 25.8. The van der Waals surface area contributed by atoms with Crippen LogP contribution >= 0.6 is 23.2 Å². The molecule has 0 spiro atoms. The molecule has 2 aliphatic carbocycles. The zero-order chi connectivity index (χ0) is 31.3. The van der Waals surface area contributed by atoms with Crippen molar-refractivity contribution in [2.75, 3.05) is 18.5 Å². The monoisotopic (exact) mass is 622 g/mol. The first-order chi connectivity index (χ1) is 20.2. The molecule has 0 radical (unpaired) electrons. The molecule has 43 heavy (non-hydrogen) atoms. The van der Waals surface area contributed by atoms with Gasteiger partial charge in [-0.2, -0.15) is 0 Å². The maximum atomic E-state index is 13.9. The van der Waals surface area contributed by atoms with Gasteiger partial charge in [-0.1, -0.05) is 70.0 Å². The van der Waals surface area contributed by atoms with Gasteiger partial charge in [0.2, 0.25) is 0 Å². The molecule has 2 aromatic rings. The molecule has 2 aromatic carbocycles. The number of hydrogen-bond donors (Lipinski definition) is 1. The number of amides is 1. The van der Waals surface area contributed by atoms with E-state index in [-0.39, 0.29) is 34.9 Å². The Morgan fingerprint density at radius 2 is 1.51 bits per heavy atom.